The molecule has 0 saturated carbocycles. The standard InChI is InChI=1S/C53H39NO2/c1-4-17-36(18-5-1)41-26-13-15-29-46(41)54(47-30-16-20-37-19-10-11-25-42(37)47)40-31-33-48-50(35-40)55-49-34-32-45-51(52(49)56-48)43-27-12-14-28-44(43)53(45,38-21-6-2-7-22-38)39-23-8-3-9-24-39/h2,4,6-8,10-35H,1,3,5,9H2. The van der Waals surface area contributed by atoms with Crippen molar-refractivity contribution >= 4 is 33.4 Å². The number of anilines is 3. The fraction of sp³-hybridized carbons (Fsp3) is 0.0943. The Labute approximate surface area is 327 Å². The van der Waals surface area contributed by atoms with Gasteiger partial charge in [-0.1, -0.05) is 152 Å². The van der Waals surface area contributed by atoms with Crippen LogP contribution in [-0.2, 0) is 5.41 Å². The minimum Gasteiger partial charge on any atom is -0.449 e. The summed E-state index contributed by atoms with van der Waals surface area (Å²) >= 11 is 0. The maximum Gasteiger partial charge on any atom is 0.178 e. The molecular weight excluding hydrogens is 683 g/mol. The molecule has 0 radical (unpaired) electrons. The Morgan fingerprint density at radius 2 is 1.23 bits per heavy atom. The molecule has 268 valence electrons. The predicted molar refractivity (Wildman–Crippen MR) is 230 cm³/mol. The van der Waals surface area contributed by atoms with Crippen LogP contribution in [0.4, 0.5) is 17.1 Å². The van der Waals surface area contributed by atoms with E-state index in [1.165, 1.54) is 49.7 Å². The van der Waals surface area contributed by atoms with Crippen LogP contribution in [0.15, 0.2) is 194 Å². The minimum absolute atomic E-state index is 0.470. The number of fused-ring (bicyclic) bond motifs is 7. The van der Waals surface area contributed by atoms with E-state index in [4.69, 9.17) is 9.47 Å². The molecule has 1 heterocycles. The lowest BCUT2D eigenvalue weighted by molar-refractivity contribution is 0.360. The van der Waals surface area contributed by atoms with Crippen molar-refractivity contribution in [2.24, 2.45) is 0 Å². The third-order valence-electron chi connectivity index (χ3n) is 11.8. The van der Waals surface area contributed by atoms with Gasteiger partial charge < -0.3 is 14.4 Å². The highest BCUT2D eigenvalue weighted by atomic mass is 16.6. The van der Waals surface area contributed by atoms with Crippen LogP contribution in [-0.4, -0.2) is 0 Å². The SMILES string of the molecule is C1=CC(c2ccccc2N(c2ccc3c(c2)Oc2ccc4c(c2O3)-c2ccccc2C4(C2=CCCC=C2)c2ccccc2)c2cccc3ccccc23)=CCC1. The molecule has 0 saturated heterocycles. The topological polar surface area (TPSA) is 21.7 Å². The van der Waals surface area contributed by atoms with E-state index in [0.29, 0.717) is 11.5 Å². The fourth-order valence-corrected chi connectivity index (χ4v) is 9.43. The fourth-order valence-electron chi connectivity index (χ4n) is 9.43. The number of benzene rings is 7. The van der Waals surface area contributed by atoms with Gasteiger partial charge in [-0.15, -0.1) is 0 Å². The first-order valence-electron chi connectivity index (χ1n) is 19.7. The molecule has 1 aliphatic heterocycles. The first-order chi connectivity index (χ1) is 27.8. The smallest absolute Gasteiger partial charge is 0.178 e. The van der Waals surface area contributed by atoms with Gasteiger partial charge in [0.1, 0.15) is 0 Å². The summed E-state index contributed by atoms with van der Waals surface area (Å²) in [4.78, 5) is 2.37. The normalized spacial score (nSPS) is 17.4. The summed E-state index contributed by atoms with van der Waals surface area (Å²) < 4.78 is 14.0. The Hall–Kier alpha value is -6.84. The molecule has 3 aliphatic carbocycles. The molecule has 0 aromatic heterocycles. The maximum absolute atomic E-state index is 7.03. The lowest BCUT2D eigenvalue weighted by atomic mass is 9.66. The molecule has 0 amide bonds. The van der Waals surface area contributed by atoms with Crippen molar-refractivity contribution in [2.45, 2.75) is 31.1 Å². The maximum atomic E-state index is 7.03. The summed E-state index contributed by atoms with van der Waals surface area (Å²) in [6.45, 7) is 0. The lowest BCUT2D eigenvalue weighted by Gasteiger charge is -2.36. The third-order valence-corrected chi connectivity index (χ3v) is 11.8. The van der Waals surface area contributed by atoms with Crippen LogP contribution in [0.5, 0.6) is 23.0 Å². The van der Waals surface area contributed by atoms with Crippen LogP contribution in [0.2, 0.25) is 0 Å². The zero-order chi connectivity index (χ0) is 37.1. The Morgan fingerprint density at radius 3 is 2.09 bits per heavy atom. The van der Waals surface area contributed by atoms with Crippen molar-refractivity contribution in [3.8, 4) is 34.1 Å². The van der Waals surface area contributed by atoms with Crippen molar-refractivity contribution in [3.05, 3.63) is 216 Å². The second-order valence-corrected chi connectivity index (χ2v) is 14.9. The Morgan fingerprint density at radius 1 is 0.500 bits per heavy atom. The van der Waals surface area contributed by atoms with Crippen molar-refractivity contribution in [1.82, 2.24) is 0 Å². The van der Waals surface area contributed by atoms with E-state index in [2.05, 4.69) is 193 Å². The molecule has 0 fully saturated rings. The monoisotopic (exact) mass is 721 g/mol. The molecule has 7 aromatic carbocycles. The largest absolute Gasteiger partial charge is 0.449 e. The highest BCUT2D eigenvalue weighted by molar-refractivity contribution is 6.01. The number of allylic oxidation sites excluding steroid dienone is 8. The van der Waals surface area contributed by atoms with Gasteiger partial charge in [0.15, 0.2) is 23.0 Å². The number of ether oxygens (including phenoxy) is 2. The van der Waals surface area contributed by atoms with Crippen molar-refractivity contribution in [2.75, 3.05) is 4.90 Å². The molecular formula is C53H39NO2. The number of para-hydroxylation sites is 1. The van der Waals surface area contributed by atoms with Gasteiger partial charge in [-0.2, -0.15) is 0 Å². The van der Waals surface area contributed by atoms with Crippen LogP contribution in [0.3, 0.4) is 0 Å². The molecule has 1 atom stereocenters. The predicted octanol–water partition coefficient (Wildman–Crippen LogP) is 14.5. The van der Waals surface area contributed by atoms with E-state index in [1.807, 2.05) is 0 Å². The number of hydrogen-bond donors (Lipinski definition) is 0. The van der Waals surface area contributed by atoms with Crippen LogP contribution in [0.1, 0.15) is 47.9 Å². The summed E-state index contributed by atoms with van der Waals surface area (Å²) in [5, 5.41) is 2.37. The molecule has 56 heavy (non-hydrogen) atoms. The van der Waals surface area contributed by atoms with Crippen molar-refractivity contribution < 1.29 is 9.47 Å². The highest BCUT2D eigenvalue weighted by Gasteiger charge is 2.49. The van der Waals surface area contributed by atoms with Crippen LogP contribution in [0.25, 0.3) is 27.5 Å². The highest BCUT2D eigenvalue weighted by Crippen LogP contribution is 2.63. The van der Waals surface area contributed by atoms with Gasteiger partial charge in [-0.25, -0.2) is 0 Å². The molecule has 7 aromatic rings. The number of rotatable bonds is 6. The quantitative estimate of drug-likeness (QED) is 0.171. The van der Waals surface area contributed by atoms with Crippen LogP contribution in [0, 0.1) is 0 Å². The number of hydrogen-bond acceptors (Lipinski definition) is 3. The Bertz CT molecular complexity index is 2820. The molecule has 0 N–H and O–H groups in total. The van der Waals surface area contributed by atoms with Gasteiger partial charge in [0.2, 0.25) is 0 Å². The summed E-state index contributed by atoms with van der Waals surface area (Å²) in [5.41, 5.74) is 12.5. The van der Waals surface area contributed by atoms with Crippen LogP contribution < -0.4 is 14.4 Å². The molecule has 3 nitrogen and oxygen atoms in total. The first-order valence-corrected chi connectivity index (χ1v) is 19.7. The zero-order valence-electron chi connectivity index (χ0n) is 31.0. The minimum atomic E-state index is -0.470. The van der Waals surface area contributed by atoms with E-state index >= 15 is 0 Å². The van der Waals surface area contributed by atoms with Crippen molar-refractivity contribution in [3.63, 3.8) is 0 Å². The summed E-state index contributed by atoms with van der Waals surface area (Å²) in [5.74, 6) is 2.87. The first kappa shape index (κ1) is 32.6. The second-order valence-electron chi connectivity index (χ2n) is 14.9. The molecule has 1 unspecified atom stereocenters. The van der Waals surface area contributed by atoms with Gasteiger partial charge in [0, 0.05) is 22.6 Å². The van der Waals surface area contributed by atoms with E-state index in [0.717, 1.165) is 59.8 Å². The van der Waals surface area contributed by atoms with Crippen molar-refractivity contribution in [1.29, 1.82) is 0 Å². The lowest BCUT2D eigenvalue weighted by Crippen LogP contribution is -2.29. The summed E-state index contributed by atoms with van der Waals surface area (Å²) in [6.07, 6.45) is 18.1. The van der Waals surface area contributed by atoms with Gasteiger partial charge in [-0.3, -0.25) is 0 Å². The Balaban J connectivity index is 1.07. The van der Waals surface area contributed by atoms with Gasteiger partial charge in [-0.05, 0) is 94.8 Å². The zero-order valence-corrected chi connectivity index (χ0v) is 31.0. The Kier molecular flexibility index (Phi) is 7.67. The van der Waals surface area contributed by atoms with E-state index < -0.39 is 5.41 Å². The van der Waals surface area contributed by atoms with Gasteiger partial charge >= 0.3 is 0 Å². The van der Waals surface area contributed by atoms with E-state index in [1.54, 1.807) is 0 Å². The average molecular weight is 722 g/mol. The average Bonchev–Trinajstić information content (AvgIpc) is 3.58. The van der Waals surface area contributed by atoms with Gasteiger partial charge in [0.25, 0.3) is 0 Å². The molecule has 0 spiro atoms. The molecule has 4 aliphatic rings. The summed E-state index contributed by atoms with van der Waals surface area (Å²) in [6, 6.07) is 54.4. The third kappa shape index (κ3) is 4.97. The molecule has 3 heteroatoms. The molecule has 11 rings (SSSR count). The molecule has 0 bridgehead atoms. The second kappa shape index (κ2) is 13.2. The van der Waals surface area contributed by atoms with E-state index in [9.17, 15) is 0 Å². The van der Waals surface area contributed by atoms with Gasteiger partial charge in [0.05, 0.1) is 22.5 Å². The van der Waals surface area contributed by atoms with Crippen LogP contribution >= 0.6 is 0 Å². The summed E-state index contributed by atoms with van der Waals surface area (Å²) in [7, 11) is 0. The van der Waals surface area contributed by atoms with E-state index in [-0.39, 0.29) is 0 Å². The number of nitrogens with zero attached hydrogens (tertiary/aromatic N) is 1.